The minimum absolute atomic E-state index is 0.144. The maximum absolute atomic E-state index is 13.1. The van der Waals surface area contributed by atoms with Crippen molar-refractivity contribution in [1.29, 1.82) is 0 Å². The predicted molar refractivity (Wildman–Crippen MR) is 95.7 cm³/mol. The van der Waals surface area contributed by atoms with Crippen LogP contribution in [0.25, 0.3) is 0 Å². The van der Waals surface area contributed by atoms with Crippen LogP contribution >= 0.6 is 0 Å². The first-order valence-electron chi connectivity index (χ1n) is 9.40. The van der Waals surface area contributed by atoms with Gasteiger partial charge in [0.15, 0.2) is 0 Å². The fraction of sp³-hybridized carbons (Fsp3) is 0.632. The van der Waals surface area contributed by atoms with Crippen molar-refractivity contribution >= 4 is 5.91 Å². The summed E-state index contributed by atoms with van der Waals surface area (Å²) >= 11 is 0. The topological polar surface area (TPSA) is 56.0 Å². The number of aryl methyl sites for hydroxylation is 1. The maximum atomic E-state index is 13.1. The molecule has 2 aromatic rings. The highest BCUT2D eigenvalue weighted by atomic mass is 16.2. The number of nitrogens with zero attached hydrogens (tertiary/aromatic N) is 5. The average molecular weight is 341 g/mol. The van der Waals surface area contributed by atoms with Crippen molar-refractivity contribution in [2.75, 3.05) is 13.1 Å². The molecule has 0 spiro atoms. The van der Waals surface area contributed by atoms with Crippen LogP contribution in [0.5, 0.6) is 0 Å². The van der Waals surface area contributed by atoms with E-state index in [0.717, 1.165) is 43.0 Å². The van der Waals surface area contributed by atoms with Gasteiger partial charge in [0.2, 0.25) is 0 Å². The number of carbonyl (C=O) groups excluding carboxylic acids is 1. The molecule has 2 aliphatic rings. The molecule has 1 aliphatic carbocycles. The molecule has 0 N–H and O–H groups in total. The molecule has 0 radical (unpaired) electrons. The number of likely N-dealkylation sites (tertiary alicyclic amines) is 1. The Morgan fingerprint density at radius 1 is 1.28 bits per heavy atom. The van der Waals surface area contributed by atoms with Gasteiger partial charge in [0, 0.05) is 44.4 Å². The number of carbonyl (C=O) groups is 1. The summed E-state index contributed by atoms with van der Waals surface area (Å²) in [6.45, 7) is 5.93. The van der Waals surface area contributed by atoms with Gasteiger partial charge in [-0.15, -0.1) is 0 Å². The number of hydrogen-bond donors (Lipinski definition) is 0. The summed E-state index contributed by atoms with van der Waals surface area (Å²) in [6.07, 6.45) is 10.2. The number of piperidine rings is 1. The molecule has 1 saturated heterocycles. The second kappa shape index (κ2) is 6.32. The molecule has 3 heterocycles. The zero-order valence-electron chi connectivity index (χ0n) is 15.4. The van der Waals surface area contributed by atoms with Crippen LogP contribution in [-0.4, -0.2) is 43.2 Å². The Balaban J connectivity index is 1.55. The third kappa shape index (κ3) is 2.98. The second-order valence-corrected chi connectivity index (χ2v) is 7.74. The van der Waals surface area contributed by atoms with Gasteiger partial charge in [0.1, 0.15) is 5.82 Å². The van der Waals surface area contributed by atoms with Gasteiger partial charge in [0.25, 0.3) is 5.91 Å². The smallest absolute Gasteiger partial charge is 0.257 e. The van der Waals surface area contributed by atoms with E-state index >= 15 is 0 Å². The van der Waals surface area contributed by atoms with Crippen LogP contribution in [-0.2, 0) is 7.05 Å². The zero-order valence-corrected chi connectivity index (χ0v) is 15.4. The lowest BCUT2D eigenvalue weighted by Gasteiger charge is -2.34. The Morgan fingerprint density at radius 3 is 2.80 bits per heavy atom. The minimum atomic E-state index is 0.144. The molecule has 2 aromatic heterocycles. The van der Waals surface area contributed by atoms with Gasteiger partial charge < -0.3 is 9.47 Å². The van der Waals surface area contributed by atoms with Crippen molar-refractivity contribution in [3.05, 3.63) is 35.7 Å². The van der Waals surface area contributed by atoms with Crippen molar-refractivity contribution in [3.63, 3.8) is 0 Å². The van der Waals surface area contributed by atoms with Crippen molar-refractivity contribution in [3.8, 4) is 0 Å². The predicted octanol–water partition coefficient (Wildman–Crippen LogP) is 3.09. The zero-order chi connectivity index (χ0) is 17.6. The normalized spacial score (nSPS) is 21.1. The summed E-state index contributed by atoms with van der Waals surface area (Å²) < 4.78 is 4.16. The van der Waals surface area contributed by atoms with Crippen molar-refractivity contribution in [2.45, 2.75) is 57.4 Å². The third-order valence-electron chi connectivity index (χ3n) is 5.47. The van der Waals surface area contributed by atoms with Crippen LogP contribution in [0, 0.1) is 0 Å². The van der Waals surface area contributed by atoms with Crippen LogP contribution in [0.4, 0.5) is 0 Å². The van der Waals surface area contributed by atoms with Crippen LogP contribution in [0.1, 0.15) is 79.3 Å². The van der Waals surface area contributed by atoms with Crippen LogP contribution in [0.2, 0.25) is 0 Å². The first kappa shape index (κ1) is 16.4. The molecular formula is C19H27N5O. The lowest BCUT2D eigenvalue weighted by molar-refractivity contribution is 0.0676. The highest BCUT2D eigenvalue weighted by Crippen LogP contribution is 2.41. The van der Waals surface area contributed by atoms with E-state index in [4.69, 9.17) is 0 Å². The van der Waals surface area contributed by atoms with Gasteiger partial charge in [0.05, 0.1) is 23.5 Å². The third-order valence-corrected chi connectivity index (χ3v) is 5.47. The van der Waals surface area contributed by atoms with E-state index in [1.165, 1.54) is 12.8 Å². The summed E-state index contributed by atoms with van der Waals surface area (Å²) in [5.74, 6) is 2.17. The molecule has 0 aromatic carbocycles. The van der Waals surface area contributed by atoms with Gasteiger partial charge in [-0.3, -0.25) is 9.48 Å². The van der Waals surface area contributed by atoms with Gasteiger partial charge >= 0.3 is 0 Å². The minimum Gasteiger partial charge on any atom is -0.336 e. The summed E-state index contributed by atoms with van der Waals surface area (Å²) in [5, 5.41) is 4.35. The average Bonchev–Trinajstić information content (AvgIpc) is 3.18. The van der Waals surface area contributed by atoms with E-state index in [-0.39, 0.29) is 5.91 Å². The number of amides is 1. The molecule has 1 aliphatic heterocycles. The van der Waals surface area contributed by atoms with Gasteiger partial charge in [-0.25, -0.2) is 4.98 Å². The number of hydrogen-bond acceptors (Lipinski definition) is 3. The van der Waals surface area contributed by atoms with Crippen molar-refractivity contribution < 1.29 is 4.79 Å². The fourth-order valence-electron chi connectivity index (χ4n) is 4.07. The Morgan fingerprint density at radius 2 is 2.08 bits per heavy atom. The summed E-state index contributed by atoms with van der Waals surface area (Å²) in [5.41, 5.74) is 1.93. The summed E-state index contributed by atoms with van der Waals surface area (Å²) in [4.78, 5) is 19.7. The molecule has 25 heavy (non-hydrogen) atoms. The van der Waals surface area contributed by atoms with E-state index in [1.54, 1.807) is 6.20 Å². The van der Waals surface area contributed by atoms with Crippen LogP contribution in [0.3, 0.4) is 0 Å². The highest BCUT2D eigenvalue weighted by Gasteiger charge is 2.34. The van der Waals surface area contributed by atoms with Crippen molar-refractivity contribution in [2.24, 2.45) is 7.05 Å². The quantitative estimate of drug-likeness (QED) is 0.859. The SMILES string of the molecule is CC(C)c1nccn1C1CCCN(C(=O)c2cnn(C)c2C2CC2)C1. The van der Waals surface area contributed by atoms with E-state index in [0.29, 0.717) is 17.9 Å². The summed E-state index contributed by atoms with van der Waals surface area (Å²) in [7, 11) is 1.95. The molecule has 1 unspecified atom stereocenters. The monoisotopic (exact) mass is 341 g/mol. The Kier molecular flexibility index (Phi) is 4.13. The molecular weight excluding hydrogens is 314 g/mol. The lowest BCUT2D eigenvalue weighted by atomic mass is 10.0. The van der Waals surface area contributed by atoms with Gasteiger partial charge in [-0.05, 0) is 25.7 Å². The Hall–Kier alpha value is -2.11. The summed E-state index contributed by atoms with van der Waals surface area (Å²) in [6, 6.07) is 0.318. The van der Waals surface area contributed by atoms with E-state index in [9.17, 15) is 4.79 Å². The molecule has 1 atom stereocenters. The molecule has 0 bridgehead atoms. The molecule has 6 nitrogen and oxygen atoms in total. The molecule has 2 fully saturated rings. The first-order valence-corrected chi connectivity index (χ1v) is 9.40. The number of aromatic nitrogens is 4. The largest absolute Gasteiger partial charge is 0.336 e. The van der Waals surface area contributed by atoms with Gasteiger partial charge in [-0.1, -0.05) is 13.8 Å². The molecule has 1 saturated carbocycles. The second-order valence-electron chi connectivity index (χ2n) is 7.74. The molecule has 4 rings (SSSR count). The van der Waals surface area contributed by atoms with E-state index in [2.05, 4.69) is 34.7 Å². The Labute approximate surface area is 148 Å². The first-order chi connectivity index (χ1) is 12.1. The van der Waals surface area contributed by atoms with Crippen LogP contribution < -0.4 is 0 Å². The molecule has 134 valence electrons. The maximum Gasteiger partial charge on any atom is 0.257 e. The van der Waals surface area contributed by atoms with Gasteiger partial charge in [-0.2, -0.15) is 5.10 Å². The lowest BCUT2D eigenvalue weighted by Crippen LogP contribution is -2.41. The van der Waals surface area contributed by atoms with E-state index in [1.807, 2.05) is 22.8 Å². The molecule has 6 heteroatoms. The van der Waals surface area contributed by atoms with E-state index < -0.39 is 0 Å². The standard InChI is InChI=1S/C19H27N5O/c1-13(2)18-20-8-10-24(18)15-5-4-9-23(12-15)19(25)16-11-21-22(3)17(16)14-6-7-14/h8,10-11,13-15H,4-7,9,12H2,1-3H3. The van der Waals surface area contributed by atoms with Crippen LogP contribution in [0.15, 0.2) is 18.6 Å². The number of rotatable bonds is 4. The highest BCUT2D eigenvalue weighted by molar-refractivity contribution is 5.95. The fourth-order valence-corrected chi connectivity index (χ4v) is 4.07. The number of imidazole rings is 1. The Bertz CT molecular complexity index is 771. The van der Waals surface area contributed by atoms with Crippen molar-refractivity contribution in [1.82, 2.24) is 24.2 Å². The molecule has 1 amide bonds.